The molecular weight excluding hydrogens is 535 g/mol. The van der Waals surface area contributed by atoms with E-state index >= 15 is 0 Å². The van der Waals surface area contributed by atoms with Gasteiger partial charge in [0.15, 0.2) is 0 Å². The molecule has 0 aliphatic rings. The number of nitrogens with two attached hydrogens (primary N) is 1. The third kappa shape index (κ3) is 9.74. The number of carbonyl (C=O) groups excluding carboxylic acids is 2. The smallest absolute Gasteiger partial charge is 0.487 e. The molecule has 40 heavy (non-hydrogen) atoms. The van der Waals surface area contributed by atoms with Crippen LogP contribution >= 0.6 is 0 Å². The first-order chi connectivity index (χ1) is 18.8. The SMILES string of the molecule is Cc1ccccc1-c1cc(COc2cccnc2)ccc1C(=O)N[C@@H](CCC(N)=O)C(=O)O.O=C(O)C(F)(F)F. The molecule has 13 heteroatoms. The van der Waals surface area contributed by atoms with Crippen molar-refractivity contribution in [2.75, 3.05) is 0 Å². The lowest BCUT2D eigenvalue weighted by molar-refractivity contribution is -0.192. The van der Waals surface area contributed by atoms with Gasteiger partial charge in [-0.1, -0.05) is 30.3 Å². The third-order valence-electron chi connectivity index (χ3n) is 5.33. The molecular formula is C27H26F3N3O7. The van der Waals surface area contributed by atoms with Crippen LogP contribution in [-0.4, -0.2) is 51.2 Å². The van der Waals surface area contributed by atoms with Crippen molar-refractivity contribution in [1.82, 2.24) is 10.3 Å². The molecule has 2 amide bonds. The largest absolute Gasteiger partial charge is 0.490 e. The second kappa shape index (κ2) is 14.3. The molecule has 0 unspecified atom stereocenters. The monoisotopic (exact) mass is 561 g/mol. The molecule has 212 valence electrons. The molecule has 3 rings (SSSR count). The van der Waals surface area contributed by atoms with Gasteiger partial charge in [-0.2, -0.15) is 13.2 Å². The number of aromatic nitrogens is 1. The van der Waals surface area contributed by atoms with E-state index in [-0.39, 0.29) is 19.4 Å². The van der Waals surface area contributed by atoms with E-state index < -0.39 is 36.0 Å². The molecule has 1 atom stereocenters. The Kier molecular flexibility index (Phi) is 11.2. The summed E-state index contributed by atoms with van der Waals surface area (Å²) < 4.78 is 37.5. The van der Waals surface area contributed by atoms with Gasteiger partial charge in [-0.15, -0.1) is 0 Å². The molecule has 0 bridgehead atoms. The molecule has 5 N–H and O–H groups in total. The number of rotatable bonds is 10. The van der Waals surface area contributed by atoms with E-state index in [0.717, 1.165) is 16.7 Å². The van der Waals surface area contributed by atoms with Crippen LogP contribution in [0.3, 0.4) is 0 Å². The van der Waals surface area contributed by atoms with Crippen molar-refractivity contribution in [2.24, 2.45) is 5.73 Å². The van der Waals surface area contributed by atoms with Crippen molar-refractivity contribution in [3.05, 3.63) is 83.7 Å². The summed E-state index contributed by atoms with van der Waals surface area (Å²) in [6.07, 6.45) is -2.05. The summed E-state index contributed by atoms with van der Waals surface area (Å²) in [5.41, 5.74) is 8.73. The van der Waals surface area contributed by atoms with Crippen LogP contribution < -0.4 is 15.8 Å². The third-order valence-corrected chi connectivity index (χ3v) is 5.33. The number of hydrogen-bond acceptors (Lipinski definition) is 6. The fraction of sp³-hybridized carbons (Fsp3) is 0.222. The number of hydrogen-bond donors (Lipinski definition) is 4. The first kappa shape index (κ1) is 31.3. The van der Waals surface area contributed by atoms with Gasteiger partial charge in [0.05, 0.1) is 6.20 Å². The summed E-state index contributed by atoms with van der Waals surface area (Å²) >= 11 is 0. The van der Waals surface area contributed by atoms with Crippen molar-refractivity contribution in [3.8, 4) is 16.9 Å². The Morgan fingerprint density at radius 1 is 1.02 bits per heavy atom. The van der Waals surface area contributed by atoms with E-state index in [1.807, 2.05) is 37.3 Å². The fourth-order valence-corrected chi connectivity index (χ4v) is 3.36. The second-order valence-electron chi connectivity index (χ2n) is 8.34. The zero-order chi connectivity index (χ0) is 29.9. The van der Waals surface area contributed by atoms with Crippen molar-refractivity contribution < 1.29 is 47.3 Å². The van der Waals surface area contributed by atoms with Gasteiger partial charge in [-0.05, 0) is 59.9 Å². The molecule has 0 aliphatic heterocycles. The highest BCUT2D eigenvalue weighted by molar-refractivity contribution is 6.02. The molecule has 0 aliphatic carbocycles. The molecule has 3 aromatic rings. The van der Waals surface area contributed by atoms with Crippen LogP contribution in [0.25, 0.3) is 11.1 Å². The number of aliphatic carboxylic acids is 2. The molecule has 1 heterocycles. The second-order valence-corrected chi connectivity index (χ2v) is 8.34. The lowest BCUT2D eigenvalue weighted by Gasteiger charge is -2.17. The molecule has 0 spiro atoms. The summed E-state index contributed by atoms with van der Waals surface area (Å²) in [6, 6.07) is 15.2. The van der Waals surface area contributed by atoms with Crippen LogP contribution in [0.2, 0.25) is 0 Å². The van der Waals surface area contributed by atoms with Crippen LogP contribution in [0.5, 0.6) is 5.75 Å². The zero-order valence-electron chi connectivity index (χ0n) is 21.1. The van der Waals surface area contributed by atoms with Crippen LogP contribution in [0.15, 0.2) is 67.0 Å². The number of carbonyl (C=O) groups is 4. The highest BCUT2D eigenvalue weighted by Crippen LogP contribution is 2.29. The van der Waals surface area contributed by atoms with Gasteiger partial charge >= 0.3 is 18.1 Å². The van der Waals surface area contributed by atoms with Crippen LogP contribution in [-0.2, 0) is 21.0 Å². The van der Waals surface area contributed by atoms with Gasteiger partial charge in [0, 0.05) is 18.2 Å². The lowest BCUT2D eigenvalue weighted by Crippen LogP contribution is -2.41. The van der Waals surface area contributed by atoms with Crippen molar-refractivity contribution in [2.45, 2.75) is 38.6 Å². The number of ether oxygens (including phenoxy) is 1. The Morgan fingerprint density at radius 3 is 2.25 bits per heavy atom. The van der Waals surface area contributed by atoms with Gasteiger partial charge in [0.25, 0.3) is 5.91 Å². The topological polar surface area (TPSA) is 169 Å². The molecule has 0 radical (unpaired) electrons. The van der Waals surface area contributed by atoms with E-state index in [1.54, 1.807) is 36.7 Å². The highest BCUT2D eigenvalue weighted by atomic mass is 19.4. The Morgan fingerprint density at radius 2 is 1.70 bits per heavy atom. The number of aryl methyl sites for hydroxylation is 1. The van der Waals surface area contributed by atoms with E-state index in [1.165, 1.54) is 0 Å². The number of alkyl halides is 3. The first-order valence-electron chi connectivity index (χ1n) is 11.6. The van der Waals surface area contributed by atoms with Crippen LogP contribution in [0.1, 0.15) is 34.3 Å². The Hall–Kier alpha value is -4.94. The minimum atomic E-state index is -5.08. The summed E-state index contributed by atoms with van der Waals surface area (Å²) in [5.74, 6) is -4.55. The fourth-order valence-electron chi connectivity index (χ4n) is 3.36. The predicted octanol–water partition coefficient (Wildman–Crippen LogP) is 3.72. The maximum absolute atomic E-state index is 13.1. The average molecular weight is 562 g/mol. The minimum Gasteiger partial charge on any atom is -0.487 e. The van der Waals surface area contributed by atoms with Crippen LogP contribution in [0, 0.1) is 6.92 Å². The van der Waals surface area contributed by atoms with Crippen molar-refractivity contribution >= 4 is 23.8 Å². The molecule has 0 fully saturated rings. The maximum atomic E-state index is 13.1. The number of carboxylic acid groups (broad SMARTS) is 2. The number of nitrogens with one attached hydrogen (secondary N) is 1. The standard InChI is InChI=1S/C25H25N3O5.C2HF3O2/c1-16-5-2-3-7-19(16)21-13-17(15-33-18-6-4-12-27-14-18)8-9-20(21)24(30)28-22(25(31)32)10-11-23(26)29;3-2(4,5)1(6)7/h2-9,12-14,22H,10-11,15H2,1H3,(H2,26,29)(H,28,30)(H,31,32);(H,6,7)/t22-;/m0./s1. The van der Waals surface area contributed by atoms with Crippen molar-refractivity contribution in [3.63, 3.8) is 0 Å². The van der Waals surface area contributed by atoms with E-state index in [2.05, 4.69) is 10.3 Å². The average Bonchev–Trinajstić information content (AvgIpc) is 2.90. The molecule has 10 nitrogen and oxygen atoms in total. The maximum Gasteiger partial charge on any atom is 0.490 e. The van der Waals surface area contributed by atoms with E-state index in [0.29, 0.717) is 16.9 Å². The van der Waals surface area contributed by atoms with E-state index in [9.17, 15) is 32.7 Å². The molecule has 0 saturated heterocycles. The number of halogens is 3. The zero-order valence-corrected chi connectivity index (χ0v) is 21.1. The Labute approximate surface area is 226 Å². The van der Waals surface area contributed by atoms with Gasteiger partial charge < -0.3 is 26.0 Å². The molecule has 1 aromatic heterocycles. The van der Waals surface area contributed by atoms with Crippen molar-refractivity contribution in [1.29, 1.82) is 0 Å². The quantitative estimate of drug-likeness (QED) is 0.290. The summed E-state index contributed by atoms with van der Waals surface area (Å²) in [5, 5.41) is 19.1. The summed E-state index contributed by atoms with van der Waals surface area (Å²) in [7, 11) is 0. The Bertz CT molecular complexity index is 1350. The highest BCUT2D eigenvalue weighted by Gasteiger charge is 2.38. The molecule has 0 saturated carbocycles. The van der Waals surface area contributed by atoms with Gasteiger partial charge in [0.1, 0.15) is 18.4 Å². The summed E-state index contributed by atoms with van der Waals surface area (Å²) in [4.78, 5) is 48.6. The first-order valence-corrected chi connectivity index (χ1v) is 11.6. The normalized spacial score (nSPS) is 11.4. The number of benzene rings is 2. The van der Waals surface area contributed by atoms with Gasteiger partial charge in [-0.3, -0.25) is 14.6 Å². The number of primary amides is 1. The number of carboxylic acids is 2. The molecule has 2 aromatic carbocycles. The number of amides is 2. The van der Waals surface area contributed by atoms with E-state index in [4.69, 9.17) is 20.4 Å². The van der Waals surface area contributed by atoms with Gasteiger partial charge in [-0.25, -0.2) is 9.59 Å². The Balaban J connectivity index is 0.000000708. The minimum absolute atomic E-state index is 0.0901. The summed E-state index contributed by atoms with van der Waals surface area (Å²) in [6.45, 7) is 2.20. The number of pyridine rings is 1. The van der Waals surface area contributed by atoms with Crippen LogP contribution in [0.4, 0.5) is 13.2 Å². The van der Waals surface area contributed by atoms with Gasteiger partial charge in [0.2, 0.25) is 5.91 Å². The predicted molar refractivity (Wildman–Crippen MR) is 136 cm³/mol. The number of nitrogens with zero attached hydrogens (tertiary/aromatic N) is 1. The lowest BCUT2D eigenvalue weighted by atomic mass is 9.93.